The first-order chi connectivity index (χ1) is 18.2. The number of rotatable bonds is 10. The zero-order valence-electron chi connectivity index (χ0n) is 21.3. The Morgan fingerprint density at radius 2 is 1.89 bits per heavy atom. The maximum atomic E-state index is 13.6. The van der Waals surface area contributed by atoms with Crippen molar-refractivity contribution < 1.29 is 24.5 Å². The van der Waals surface area contributed by atoms with Crippen molar-refractivity contribution in [3.63, 3.8) is 0 Å². The Balaban J connectivity index is 1.60. The van der Waals surface area contributed by atoms with Crippen LogP contribution in [-0.2, 0) is 20.7 Å². The highest BCUT2D eigenvalue weighted by molar-refractivity contribution is 5.90. The van der Waals surface area contributed by atoms with Crippen molar-refractivity contribution >= 4 is 28.8 Å². The van der Waals surface area contributed by atoms with Crippen LogP contribution in [0.4, 0.5) is 5.82 Å². The number of imidazole rings is 1. The number of carbonyl (C=O) groups is 2. The molecule has 1 aliphatic rings. The average Bonchev–Trinajstić information content (AvgIpc) is 3.45. The summed E-state index contributed by atoms with van der Waals surface area (Å²) in [5.74, 6) is -0.638. The van der Waals surface area contributed by atoms with Crippen molar-refractivity contribution in [2.24, 2.45) is 11.7 Å². The maximum absolute atomic E-state index is 13.6. The third-order valence-electron chi connectivity index (χ3n) is 6.50. The van der Waals surface area contributed by atoms with E-state index in [1.165, 1.54) is 17.2 Å². The number of amides is 2. The van der Waals surface area contributed by atoms with Gasteiger partial charge in [-0.3, -0.25) is 14.2 Å². The van der Waals surface area contributed by atoms with Gasteiger partial charge < -0.3 is 37.1 Å². The molecule has 204 valence electrons. The molecule has 13 heteroatoms. The minimum Gasteiger partial charge on any atom is -0.394 e. The van der Waals surface area contributed by atoms with Crippen molar-refractivity contribution in [3.05, 3.63) is 48.5 Å². The molecule has 1 fully saturated rings. The van der Waals surface area contributed by atoms with Crippen molar-refractivity contribution in [1.82, 2.24) is 30.2 Å². The molecule has 2 aromatic heterocycles. The number of fused-ring (bicyclic) bond motifs is 1. The Bertz CT molecular complexity index is 1250. The number of nitrogens with two attached hydrogens (primary N) is 2. The fraction of sp³-hybridized carbons (Fsp3) is 0.480. The fourth-order valence-electron chi connectivity index (χ4n) is 4.56. The molecule has 1 aromatic carbocycles. The number of aliphatic hydroxyl groups excluding tert-OH is 2. The Morgan fingerprint density at radius 1 is 1.16 bits per heavy atom. The van der Waals surface area contributed by atoms with Crippen LogP contribution in [0.2, 0.25) is 0 Å². The second kappa shape index (κ2) is 11.8. The second-order valence-electron chi connectivity index (χ2n) is 9.84. The summed E-state index contributed by atoms with van der Waals surface area (Å²) in [4.78, 5) is 38.8. The molecular formula is C25H34N8O5. The molecule has 0 unspecified atom stereocenters. The summed E-state index contributed by atoms with van der Waals surface area (Å²) in [7, 11) is 0. The molecule has 6 atom stereocenters. The minimum atomic E-state index is -1.26. The van der Waals surface area contributed by atoms with Crippen LogP contribution >= 0.6 is 0 Å². The highest BCUT2D eigenvalue weighted by Gasteiger charge is 2.46. The maximum Gasteiger partial charge on any atom is 0.243 e. The van der Waals surface area contributed by atoms with E-state index in [1.54, 1.807) is 0 Å². The topological polar surface area (TPSA) is 204 Å². The molecule has 3 aromatic rings. The van der Waals surface area contributed by atoms with E-state index in [1.807, 2.05) is 44.2 Å². The molecule has 0 spiro atoms. The molecule has 0 bridgehead atoms. The molecule has 4 rings (SSSR count). The predicted molar refractivity (Wildman–Crippen MR) is 138 cm³/mol. The van der Waals surface area contributed by atoms with E-state index in [0.29, 0.717) is 17.6 Å². The zero-order valence-corrected chi connectivity index (χ0v) is 21.3. The van der Waals surface area contributed by atoms with Gasteiger partial charge in [0.2, 0.25) is 11.8 Å². The van der Waals surface area contributed by atoms with E-state index < -0.39 is 55.0 Å². The van der Waals surface area contributed by atoms with Crippen LogP contribution in [0.15, 0.2) is 43.0 Å². The lowest BCUT2D eigenvalue weighted by atomic mass is 10.0. The zero-order chi connectivity index (χ0) is 27.4. The average molecular weight is 527 g/mol. The van der Waals surface area contributed by atoms with Gasteiger partial charge in [-0.2, -0.15) is 0 Å². The van der Waals surface area contributed by atoms with Gasteiger partial charge in [0.1, 0.15) is 36.1 Å². The van der Waals surface area contributed by atoms with E-state index in [9.17, 15) is 19.8 Å². The SMILES string of the molecule is CC(C)C[C@H](N)C(=O)N[C@@H](Cc1ccccc1)C(=O)N[C@@H]1[C@H](O)[C@@H](CO)O[C@H]1n1cnc2c(N)ncnc21. The van der Waals surface area contributed by atoms with E-state index in [0.717, 1.165) is 5.56 Å². The van der Waals surface area contributed by atoms with Gasteiger partial charge in [0.25, 0.3) is 0 Å². The van der Waals surface area contributed by atoms with Crippen LogP contribution in [0, 0.1) is 5.92 Å². The van der Waals surface area contributed by atoms with Crippen LogP contribution < -0.4 is 22.1 Å². The third-order valence-corrected chi connectivity index (χ3v) is 6.50. The van der Waals surface area contributed by atoms with Gasteiger partial charge in [-0.05, 0) is 17.9 Å². The first kappa shape index (κ1) is 27.4. The first-order valence-electron chi connectivity index (χ1n) is 12.5. The first-order valence-corrected chi connectivity index (χ1v) is 12.5. The molecule has 0 radical (unpaired) electrons. The number of anilines is 1. The van der Waals surface area contributed by atoms with Gasteiger partial charge in [-0.25, -0.2) is 15.0 Å². The predicted octanol–water partition coefficient (Wildman–Crippen LogP) is -0.755. The lowest BCUT2D eigenvalue weighted by Gasteiger charge is -2.27. The van der Waals surface area contributed by atoms with Crippen LogP contribution in [0.1, 0.15) is 32.1 Å². The van der Waals surface area contributed by atoms with Gasteiger partial charge in [0.15, 0.2) is 17.7 Å². The molecule has 13 nitrogen and oxygen atoms in total. The number of nitrogens with zero attached hydrogens (tertiary/aromatic N) is 4. The van der Waals surface area contributed by atoms with Crippen LogP contribution in [0.3, 0.4) is 0 Å². The number of hydrogen-bond donors (Lipinski definition) is 6. The van der Waals surface area contributed by atoms with E-state index in [-0.39, 0.29) is 18.2 Å². The second-order valence-corrected chi connectivity index (χ2v) is 9.84. The van der Waals surface area contributed by atoms with Crippen molar-refractivity contribution in [3.8, 4) is 0 Å². The summed E-state index contributed by atoms with van der Waals surface area (Å²) >= 11 is 0. The number of hydrogen-bond acceptors (Lipinski definition) is 10. The highest BCUT2D eigenvalue weighted by atomic mass is 16.5. The number of benzene rings is 1. The summed E-state index contributed by atoms with van der Waals surface area (Å²) in [6.07, 6.45) is 0.124. The van der Waals surface area contributed by atoms with Crippen molar-refractivity contribution in [1.29, 1.82) is 0 Å². The molecule has 1 aliphatic heterocycles. The van der Waals surface area contributed by atoms with Crippen molar-refractivity contribution in [2.75, 3.05) is 12.3 Å². The van der Waals surface area contributed by atoms with Gasteiger partial charge in [0, 0.05) is 6.42 Å². The Kier molecular flexibility index (Phi) is 8.52. The molecule has 0 saturated carbocycles. The largest absolute Gasteiger partial charge is 0.394 e. The number of nitrogens with one attached hydrogen (secondary N) is 2. The summed E-state index contributed by atoms with van der Waals surface area (Å²) in [5, 5.41) is 26.3. The monoisotopic (exact) mass is 526 g/mol. The fourth-order valence-corrected chi connectivity index (χ4v) is 4.56. The smallest absolute Gasteiger partial charge is 0.243 e. The summed E-state index contributed by atoms with van der Waals surface area (Å²) in [5.41, 5.74) is 13.5. The van der Waals surface area contributed by atoms with Crippen LogP contribution in [-0.4, -0.2) is 78.5 Å². The molecule has 2 amide bonds. The number of aliphatic hydroxyl groups is 2. The quantitative estimate of drug-likeness (QED) is 0.195. The summed E-state index contributed by atoms with van der Waals surface area (Å²) in [6.45, 7) is 3.43. The lowest BCUT2D eigenvalue weighted by molar-refractivity contribution is -0.130. The van der Waals surface area contributed by atoms with Gasteiger partial charge in [-0.1, -0.05) is 44.2 Å². The van der Waals surface area contributed by atoms with Gasteiger partial charge in [-0.15, -0.1) is 0 Å². The Hall–Kier alpha value is -3.65. The number of aromatic nitrogens is 4. The van der Waals surface area contributed by atoms with Gasteiger partial charge in [0.05, 0.1) is 19.0 Å². The molecule has 1 saturated heterocycles. The molecular weight excluding hydrogens is 492 g/mol. The van der Waals surface area contributed by atoms with E-state index in [2.05, 4.69) is 25.6 Å². The summed E-state index contributed by atoms with van der Waals surface area (Å²) < 4.78 is 7.40. The number of ether oxygens (including phenoxy) is 1. The Labute approximate surface area is 219 Å². The Morgan fingerprint density at radius 3 is 2.58 bits per heavy atom. The van der Waals surface area contributed by atoms with Crippen LogP contribution in [0.5, 0.6) is 0 Å². The number of nitrogen functional groups attached to an aromatic ring is 1. The summed E-state index contributed by atoms with van der Waals surface area (Å²) in [6, 6.07) is 6.45. The molecule has 38 heavy (non-hydrogen) atoms. The van der Waals surface area contributed by atoms with Gasteiger partial charge >= 0.3 is 0 Å². The highest BCUT2D eigenvalue weighted by Crippen LogP contribution is 2.32. The molecule has 0 aliphatic carbocycles. The van der Waals surface area contributed by atoms with E-state index >= 15 is 0 Å². The minimum absolute atomic E-state index is 0.162. The number of carbonyl (C=O) groups excluding carboxylic acids is 2. The molecule has 3 heterocycles. The lowest BCUT2D eigenvalue weighted by Crippen LogP contribution is -2.56. The normalized spacial score (nSPS) is 22.9. The van der Waals surface area contributed by atoms with E-state index in [4.69, 9.17) is 16.2 Å². The third kappa shape index (κ3) is 5.91. The molecule has 8 N–H and O–H groups in total. The van der Waals surface area contributed by atoms with Crippen molar-refractivity contribution in [2.45, 2.75) is 63.3 Å². The standard InChI is InChI=1S/C25H34N8O5/c1-13(2)8-15(26)23(36)31-16(9-14-6-4-3-5-7-14)24(37)32-18-20(35)17(10-34)38-25(18)33-12-30-19-21(27)28-11-29-22(19)33/h3-7,11-13,15-18,20,25,34-35H,8-10,26H2,1-2H3,(H,31,36)(H,32,37)(H2,27,28,29)/t15-,16-,17+,18+,20+,25+/m0/s1. The van der Waals surface area contributed by atoms with Crippen LogP contribution in [0.25, 0.3) is 11.2 Å².